The summed E-state index contributed by atoms with van der Waals surface area (Å²) >= 11 is 0. The molecule has 0 saturated heterocycles. The number of aryl methyl sites for hydroxylation is 1. The molecule has 4 heteroatoms. The van der Waals surface area contributed by atoms with Gasteiger partial charge in [-0.05, 0) is 55.7 Å². The Labute approximate surface area is 117 Å². The SMILES string of the molecule is CC1=CC(=O)C=C(C)C1=NOC(=O)c1ccccc1C. The number of hydrogen-bond donors (Lipinski definition) is 0. The molecule has 4 nitrogen and oxygen atoms in total. The molecule has 0 radical (unpaired) electrons. The van der Waals surface area contributed by atoms with Crippen LogP contribution in [0.5, 0.6) is 0 Å². The van der Waals surface area contributed by atoms with Crippen LogP contribution >= 0.6 is 0 Å². The van der Waals surface area contributed by atoms with Crippen molar-refractivity contribution in [3.8, 4) is 0 Å². The Bertz CT molecular complexity index is 642. The van der Waals surface area contributed by atoms with Crippen LogP contribution in [-0.4, -0.2) is 17.5 Å². The summed E-state index contributed by atoms with van der Waals surface area (Å²) in [6.45, 7) is 5.35. The summed E-state index contributed by atoms with van der Waals surface area (Å²) in [7, 11) is 0. The van der Waals surface area contributed by atoms with E-state index in [-0.39, 0.29) is 5.78 Å². The molecule has 0 fully saturated rings. The second-order valence-corrected chi connectivity index (χ2v) is 4.69. The minimum absolute atomic E-state index is 0.0795. The van der Waals surface area contributed by atoms with Crippen molar-refractivity contribution in [3.05, 3.63) is 58.7 Å². The van der Waals surface area contributed by atoms with E-state index in [4.69, 9.17) is 4.84 Å². The topological polar surface area (TPSA) is 55.7 Å². The number of carbonyl (C=O) groups excluding carboxylic acids is 2. The number of carbonyl (C=O) groups is 2. The van der Waals surface area contributed by atoms with Gasteiger partial charge in [-0.15, -0.1) is 0 Å². The van der Waals surface area contributed by atoms with Gasteiger partial charge in [0.2, 0.25) is 0 Å². The fraction of sp³-hybridized carbons (Fsp3) is 0.188. The molecule has 102 valence electrons. The Balaban J connectivity index is 2.20. The van der Waals surface area contributed by atoms with E-state index in [2.05, 4.69) is 5.16 Å². The maximum atomic E-state index is 12.0. The molecule has 20 heavy (non-hydrogen) atoms. The van der Waals surface area contributed by atoms with Gasteiger partial charge in [-0.2, -0.15) is 0 Å². The van der Waals surface area contributed by atoms with Crippen molar-refractivity contribution < 1.29 is 14.4 Å². The number of allylic oxidation sites excluding steroid dienone is 4. The number of benzene rings is 1. The van der Waals surface area contributed by atoms with Crippen molar-refractivity contribution in [2.75, 3.05) is 0 Å². The summed E-state index contributed by atoms with van der Waals surface area (Å²) in [6, 6.07) is 7.14. The van der Waals surface area contributed by atoms with Crippen LogP contribution in [0.15, 0.2) is 52.7 Å². The molecule has 0 heterocycles. The second kappa shape index (κ2) is 5.65. The highest BCUT2D eigenvalue weighted by molar-refractivity contribution is 6.22. The standard InChI is InChI=1S/C16H15NO3/c1-10-6-4-5-7-14(10)16(19)20-17-15-11(2)8-13(18)9-12(15)3/h4-9H,1-3H3. The summed E-state index contributed by atoms with van der Waals surface area (Å²) in [5, 5.41) is 3.88. The minimum atomic E-state index is -0.506. The van der Waals surface area contributed by atoms with Crippen molar-refractivity contribution in [1.82, 2.24) is 0 Å². The van der Waals surface area contributed by atoms with Crippen molar-refractivity contribution in [3.63, 3.8) is 0 Å². The molecule has 2 rings (SSSR count). The van der Waals surface area contributed by atoms with Crippen LogP contribution in [0.1, 0.15) is 29.8 Å². The smallest absolute Gasteiger partial charge is 0.312 e. The molecule has 1 aliphatic carbocycles. The lowest BCUT2D eigenvalue weighted by Gasteiger charge is -2.10. The molecule has 0 atom stereocenters. The molecule has 0 N–H and O–H groups in total. The van der Waals surface area contributed by atoms with E-state index in [0.717, 1.165) is 5.56 Å². The van der Waals surface area contributed by atoms with E-state index in [0.29, 0.717) is 22.4 Å². The van der Waals surface area contributed by atoms with Gasteiger partial charge in [0.05, 0.1) is 5.56 Å². The number of ketones is 1. The Morgan fingerprint density at radius 2 is 1.65 bits per heavy atom. The van der Waals surface area contributed by atoms with Crippen LogP contribution in [0, 0.1) is 6.92 Å². The third-order valence-electron chi connectivity index (χ3n) is 3.05. The molecule has 0 spiro atoms. The predicted octanol–water partition coefficient (Wildman–Crippen LogP) is 2.98. The first-order valence-electron chi connectivity index (χ1n) is 6.25. The Hall–Kier alpha value is -2.49. The average Bonchev–Trinajstić information content (AvgIpc) is 2.37. The van der Waals surface area contributed by atoms with E-state index in [1.54, 1.807) is 26.0 Å². The Kier molecular flexibility index (Phi) is 3.94. The molecular formula is C16H15NO3. The summed E-state index contributed by atoms with van der Waals surface area (Å²) < 4.78 is 0. The Morgan fingerprint density at radius 1 is 1.05 bits per heavy atom. The summed E-state index contributed by atoms with van der Waals surface area (Å²) in [5.74, 6) is -0.586. The van der Waals surface area contributed by atoms with Gasteiger partial charge in [0.15, 0.2) is 5.78 Å². The lowest BCUT2D eigenvalue weighted by Crippen LogP contribution is -2.13. The van der Waals surface area contributed by atoms with Gasteiger partial charge in [-0.3, -0.25) is 4.79 Å². The third-order valence-corrected chi connectivity index (χ3v) is 3.05. The zero-order valence-corrected chi connectivity index (χ0v) is 11.6. The molecule has 0 unspecified atom stereocenters. The molecule has 1 aromatic carbocycles. The fourth-order valence-corrected chi connectivity index (χ4v) is 2.00. The van der Waals surface area contributed by atoms with Crippen molar-refractivity contribution in [1.29, 1.82) is 0 Å². The van der Waals surface area contributed by atoms with E-state index in [1.165, 1.54) is 12.2 Å². The zero-order valence-electron chi connectivity index (χ0n) is 11.6. The molecule has 1 aliphatic rings. The van der Waals surface area contributed by atoms with E-state index in [1.807, 2.05) is 19.1 Å². The highest BCUT2D eigenvalue weighted by Crippen LogP contribution is 2.15. The van der Waals surface area contributed by atoms with Crippen LogP contribution in [0.3, 0.4) is 0 Å². The average molecular weight is 269 g/mol. The van der Waals surface area contributed by atoms with Crippen molar-refractivity contribution >= 4 is 17.5 Å². The molecule has 0 aromatic heterocycles. The molecule has 0 saturated carbocycles. The van der Waals surface area contributed by atoms with Crippen molar-refractivity contribution in [2.45, 2.75) is 20.8 Å². The third kappa shape index (κ3) is 2.91. The molecule has 0 amide bonds. The van der Waals surface area contributed by atoms with Gasteiger partial charge >= 0.3 is 5.97 Å². The first-order valence-corrected chi connectivity index (χ1v) is 6.25. The second-order valence-electron chi connectivity index (χ2n) is 4.69. The maximum absolute atomic E-state index is 12.0. The fourth-order valence-electron chi connectivity index (χ4n) is 2.00. The predicted molar refractivity (Wildman–Crippen MR) is 76.6 cm³/mol. The number of nitrogens with zero attached hydrogens (tertiary/aromatic N) is 1. The Morgan fingerprint density at radius 3 is 2.25 bits per heavy atom. The highest BCUT2D eigenvalue weighted by atomic mass is 16.7. The largest absolute Gasteiger partial charge is 0.366 e. The monoisotopic (exact) mass is 269 g/mol. The van der Waals surface area contributed by atoms with Crippen LogP contribution in [0.4, 0.5) is 0 Å². The molecule has 0 bridgehead atoms. The van der Waals surface area contributed by atoms with Gasteiger partial charge in [-0.1, -0.05) is 23.4 Å². The normalized spacial score (nSPS) is 14.6. The quantitative estimate of drug-likeness (QED) is 0.471. The maximum Gasteiger partial charge on any atom is 0.366 e. The first-order chi connectivity index (χ1) is 9.49. The van der Waals surface area contributed by atoms with Gasteiger partial charge in [0.1, 0.15) is 5.71 Å². The number of oxime groups is 1. The van der Waals surface area contributed by atoms with Crippen LogP contribution in [0.2, 0.25) is 0 Å². The molecular weight excluding hydrogens is 254 g/mol. The van der Waals surface area contributed by atoms with Crippen LogP contribution in [0.25, 0.3) is 0 Å². The lowest BCUT2D eigenvalue weighted by atomic mass is 9.98. The molecule has 1 aromatic rings. The first kappa shape index (κ1) is 13.9. The van der Waals surface area contributed by atoms with Gasteiger partial charge in [0, 0.05) is 0 Å². The highest BCUT2D eigenvalue weighted by Gasteiger charge is 2.16. The van der Waals surface area contributed by atoms with Crippen molar-refractivity contribution in [2.24, 2.45) is 5.16 Å². The summed E-state index contributed by atoms with van der Waals surface area (Å²) in [5.41, 5.74) is 3.20. The summed E-state index contributed by atoms with van der Waals surface area (Å²) in [4.78, 5) is 28.2. The van der Waals surface area contributed by atoms with Crippen LogP contribution < -0.4 is 0 Å². The van der Waals surface area contributed by atoms with Gasteiger partial charge in [-0.25, -0.2) is 4.79 Å². The lowest BCUT2D eigenvalue weighted by molar-refractivity contribution is -0.110. The molecule has 0 aliphatic heterocycles. The van der Waals surface area contributed by atoms with Gasteiger partial charge in [0.25, 0.3) is 0 Å². The van der Waals surface area contributed by atoms with E-state index in [9.17, 15) is 9.59 Å². The number of hydrogen-bond acceptors (Lipinski definition) is 4. The van der Waals surface area contributed by atoms with E-state index >= 15 is 0 Å². The zero-order chi connectivity index (χ0) is 14.7. The number of rotatable bonds is 2. The van der Waals surface area contributed by atoms with Gasteiger partial charge < -0.3 is 4.84 Å². The van der Waals surface area contributed by atoms with Crippen LogP contribution in [-0.2, 0) is 9.63 Å². The minimum Gasteiger partial charge on any atom is -0.312 e. The summed E-state index contributed by atoms with van der Waals surface area (Å²) in [6.07, 6.45) is 2.93. The van der Waals surface area contributed by atoms with E-state index < -0.39 is 5.97 Å².